The van der Waals surface area contributed by atoms with Crippen LogP contribution in [0, 0.1) is 31.2 Å². The molecule has 166 valence electrons. The van der Waals surface area contributed by atoms with Crippen LogP contribution >= 0.6 is 12.2 Å². The summed E-state index contributed by atoms with van der Waals surface area (Å²) < 4.78 is 14.3. The van der Waals surface area contributed by atoms with E-state index in [4.69, 9.17) is 12.2 Å². The summed E-state index contributed by atoms with van der Waals surface area (Å²) in [6, 6.07) is 13.0. The molecule has 1 fully saturated rings. The Morgan fingerprint density at radius 3 is 2.53 bits per heavy atom. The van der Waals surface area contributed by atoms with Crippen molar-refractivity contribution in [2.24, 2.45) is 0 Å². The number of hydrogen-bond donors (Lipinski definition) is 2. The van der Waals surface area contributed by atoms with Gasteiger partial charge in [0.05, 0.1) is 0 Å². The number of halogens is 1. The van der Waals surface area contributed by atoms with Crippen LogP contribution in [0.5, 0.6) is 0 Å². The van der Waals surface area contributed by atoms with E-state index in [0.29, 0.717) is 17.7 Å². The van der Waals surface area contributed by atoms with Crippen LogP contribution in [-0.2, 0) is 4.79 Å². The molecule has 1 aliphatic rings. The molecule has 0 bridgehead atoms. The van der Waals surface area contributed by atoms with Crippen molar-refractivity contribution < 1.29 is 9.18 Å². The zero-order valence-electron chi connectivity index (χ0n) is 18.6. The lowest BCUT2D eigenvalue weighted by Crippen LogP contribution is -2.37. The summed E-state index contributed by atoms with van der Waals surface area (Å²) in [5.41, 5.74) is 7.56. The lowest BCUT2D eigenvalue weighted by Gasteiger charge is -2.38. The Labute approximate surface area is 193 Å². The molecule has 1 aliphatic heterocycles. The van der Waals surface area contributed by atoms with Crippen LogP contribution in [0.1, 0.15) is 46.1 Å². The molecule has 2 heterocycles. The minimum Gasteiger partial charge on any atom is -0.355 e. The Bertz CT molecular complexity index is 1190. The van der Waals surface area contributed by atoms with E-state index in [9.17, 15) is 9.18 Å². The number of nitrogens with zero attached hydrogens (tertiary/aromatic N) is 1. The first-order valence-corrected chi connectivity index (χ1v) is 11.3. The number of rotatable bonds is 5. The van der Waals surface area contributed by atoms with E-state index in [2.05, 4.69) is 42.3 Å². The van der Waals surface area contributed by atoms with Gasteiger partial charge in [-0.15, -0.1) is 0 Å². The van der Waals surface area contributed by atoms with Crippen molar-refractivity contribution in [1.82, 2.24) is 9.88 Å². The van der Waals surface area contributed by atoms with Gasteiger partial charge in [-0.1, -0.05) is 30.4 Å². The highest BCUT2D eigenvalue weighted by atomic mass is 32.1. The average molecular weight is 450 g/mol. The molecule has 6 heteroatoms. The highest BCUT2D eigenvalue weighted by Gasteiger charge is 2.33. The quantitative estimate of drug-likeness (QED) is 0.356. The van der Waals surface area contributed by atoms with Gasteiger partial charge in [0, 0.05) is 42.1 Å². The van der Waals surface area contributed by atoms with Crippen LogP contribution in [0.25, 0.3) is 0 Å². The van der Waals surface area contributed by atoms with Crippen LogP contribution in [0.2, 0.25) is 0 Å². The minimum absolute atomic E-state index is 0.0407. The number of hydrogen-bond acceptors (Lipinski definition) is 3. The number of carbonyl (C=O) groups is 1. The fraction of sp³-hybridized carbons (Fsp3) is 0.308. The van der Waals surface area contributed by atoms with E-state index in [0.717, 1.165) is 40.9 Å². The number of aromatic amines is 1. The molecule has 0 radical (unpaired) electrons. The first kappa shape index (κ1) is 22.2. The summed E-state index contributed by atoms with van der Waals surface area (Å²) >= 11 is 5.54. The standard InChI is InChI=1S/C26H28FN3OS/c1-16-4-9-21(12-17(16)2)29-25-18(3)26(32)28-13-23(25)24-14-30(15-31)11-10-22(24)19-5-7-20(27)8-6-19/h4-9,12-13,15,22,24H,10-11,14H2,1-3H3,(H2,28,29,32). The fourth-order valence-electron chi connectivity index (χ4n) is 4.57. The highest BCUT2D eigenvalue weighted by Crippen LogP contribution is 2.43. The molecular formula is C26H28FN3OS. The Morgan fingerprint density at radius 2 is 1.84 bits per heavy atom. The molecule has 1 amide bonds. The van der Waals surface area contributed by atoms with Crippen molar-refractivity contribution in [3.05, 3.63) is 86.9 Å². The average Bonchev–Trinajstić information content (AvgIpc) is 2.80. The van der Waals surface area contributed by atoms with Crippen LogP contribution in [0.4, 0.5) is 15.8 Å². The van der Waals surface area contributed by atoms with Crippen molar-refractivity contribution in [1.29, 1.82) is 0 Å². The van der Waals surface area contributed by atoms with E-state index in [1.807, 2.05) is 30.2 Å². The van der Waals surface area contributed by atoms with Gasteiger partial charge < -0.3 is 15.2 Å². The number of piperidine rings is 1. The van der Waals surface area contributed by atoms with E-state index in [-0.39, 0.29) is 17.7 Å². The van der Waals surface area contributed by atoms with Crippen LogP contribution < -0.4 is 5.32 Å². The minimum atomic E-state index is -0.243. The summed E-state index contributed by atoms with van der Waals surface area (Å²) in [6.45, 7) is 7.48. The molecule has 1 saturated heterocycles. The number of aromatic nitrogens is 1. The van der Waals surface area contributed by atoms with Gasteiger partial charge in [-0.05, 0) is 79.6 Å². The summed E-state index contributed by atoms with van der Waals surface area (Å²) in [5.74, 6) is -0.0396. The Balaban J connectivity index is 1.80. The number of amides is 1. The van der Waals surface area contributed by atoms with Gasteiger partial charge in [-0.3, -0.25) is 4.79 Å². The first-order valence-electron chi connectivity index (χ1n) is 10.9. The van der Waals surface area contributed by atoms with Crippen molar-refractivity contribution in [3.8, 4) is 0 Å². The van der Waals surface area contributed by atoms with Crippen molar-refractivity contribution in [3.63, 3.8) is 0 Å². The monoisotopic (exact) mass is 449 g/mol. The molecule has 2 atom stereocenters. The molecule has 2 aromatic carbocycles. The number of benzene rings is 2. The topological polar surface area (TPSA) is 48.1 Å². The van der Waals surface area contributed by atoms with Gasteiger partial charge in [0.1, 0.15) is 10.5 Å². The van der Waals surface area contributed by atoms with Crippen LogP contribution in [0.3, 0.4) is 0 Å². The van der Waals surface area contributed by atoms with Gasteiger partial charge in [0.2, 0.25) is 6.41 Å². The van der Waals surface area contributed by atoms with Gasteiger partial charge in [-0.2, -0.15) is 0 Å². The number of carbonyl (C=O) groups excluding carboxylic acids is 1. The summed E-state index contributed by atoms with van der Waals surface area (Å²) in [6.07, 6.45) is 3.70. The summed E-state index contributed by atoms with van der Waals surface area (Å²) in [4.78, 5) is 16.7. The molecule has 2 unspecified atom stereocenters. The van der Waals surface area contributed by atoms with Gasteiger partial charge in [0.25, 0.3) is 0 Å². The molecule has 4 nitrogen and oxygen atoms in total. The number of aryl methyl sites for hydroxylation is 2. The number of likely N-dealkylation sites (tertiary alicyclic amines) is 1. The number of nitrogens with one attached hydrogen (secondary N) is 2. The molecule has 0 saturated carbocycles. The molecule has 0 spiro atoms. The number of pyridine rings is 1. The lowest BCUT2D eigenvalue weighted by atomic mass is 9.76. The molecule has 32 heavy (non-hydrogen) atoms. The van der Waals surface area contributed by atoms with E-state index < -0.39 is 0 Å². The summed E-state index contributed by atoms with van der Waals surface area (Å²) in [7, 11) is 0. The fourth-order valence-corrected chi connectivity index (χ4v) is 4.73. The van der Waals surface area contributed by atoms with Gasteiger partial charge >= 0.3 is 0 Å². The maximum Gasteiger partial charge on any atom is 0.209 e. The second-order valence-corrected chi connectivity index (χ2v) is 9.06. The largest absolute Gasteiger partial charge is 0.355 e. The van der Waals surface area contributed by atoms with Crippen molar-refractivity contribution in [2.75, 3.05) is 18.4 Å². The molecule has 0 aliphatic carbocycles. The predicted octanol–water partition coefficient (Wildman–Crippen LogP) is 6.28. The Hall–Kier alpha value is -2.99. The van der Waals surface area contributed by atoms with E-state index in [1.54, 1.807) is 0 Å². The van der Waals surface area contributed by atoms with Crippen molar-refractivity contribution >= 4 is 30.0 Å². The third kappa shape index (κ3) is 4.46. The van der Waals surface area contributed by atoms with Crippen LogP contribution in [-0.4, -0.2) is 29.4 Å². The predicted molar refractivity (Wildman–Crippen MR) is 130 cm³/mol. The normalized spacial score (nSPS) is 18.4. The maximum atomic E-state index is 13.6. The molecule has 1 aromatic heterocycles. The van der Waals surface area contributed by atoms with Gasteiger partial charge in [0.15, 0.2) is 0 Å². The Kier molecular flexibility index (Phi) is 6.42. The zero-order chi connectivity index (χ0) is 22.8. The smallest absolute Gasteiger partial charge is 0.209 e. The maximum absolute atomic E-state index is 13.6. The number of anilines is 2. The molecular weight excluding hydrogens is 421 g/mol. The van der Waals surface area contributed by atoms with Crippen molar-refractivity contribution in [2.45, 2.75) is 39.0 Å². The van der Waals surface area contributed by atoms with E-state index >= 15 is 0 Å². The SMILES string of the molecule is Cc1ccc(Nc2c(C3CN(C=O)CCC3c3ccc(F)cc3)c[nH]c(=S)c2C)cc1C. The second-order valence-electron chi connectivity index (χ2n) is 8.65. The molecule has 2 N–H and O–H groups in total. The van der Waals surface area contributed by atoms with Gasteiger partial charge in [-0.25, -0.2) is 4.39 Å². The second kappa shape index (κ2) is 9.25. The van der Waals surface area contributed by atoms with E-state index in [1.165, 1.54) is 23.3 Å². The lowest BCUT2D eigenvalue weighted by molar-refractivity contribution is -0.119. The highest BCUT2D eigenvalue weighted by molar-refractivity contribution is 7.71. The van der Waals surface area contributed by atoms with Crippen LogP contribution in [0.15, 0.2) is 48.7 Å². The Morgan fingerprint density at radius 1 is 1.09 bits per heavy atom. The first-order chi connectivity index (χ1) is 15.4. The third-order valence-electron chi connectivity index (χ3n) is 6.63. The third-order valence-corrected chi connectivity index (χ3v) is 7.05. The molecule has 3 aromatic rings. The number of H-pyrrole nitrogens is 1. The summed E-state index contributed by atoms with van der Waals surface area (Å²) in [5, 5.41) is 3.61. The zero-order valence-corrected chi connectivity index (χ0v) is 19.4. The molecule has 4 rings (SSSR count).